The van der Waals surface area contributed by atoms with E-state index in [1.165, 1.54) is 36.5 Å². The van der Waals surface area contributed by atoms with E-state index < -0.39 is 47.8 Å². The summed E-state index contributed by atoms with van der Waals surface area (Å²) in [6.07, 6.45) is 7.96. The fourth-order valence-electron chi connectivity index (χ4n) is 3.97. The van der Waals surface area contributed by atoms with Crippen molar-refractivity contribution in [2.75, 3.05) is 29.5 Å². The molecule has 0 aliphatic carbocycles. The highest BCUT2D eigenvalue weighted by Gasteiger charge is 2.17. The summed E-state index contributed by atoms with van der Waals surface area (Å²) in [7, 11) is -12.8. The molecule has 0 saturated carbocycles. The second-order valence-corrected chi connectivity index (χ2v) is 14.4. The van der Waals surface area contributed by atoms with Crippen molar-refractivity contribution >= 4 is 53.3 Å². The third-order valence-corrected chi connectivity index (χ3v) is 8.66. The minimum atomic E-state index is -4.47. The van der Waals surface area contributed by atoms with Crippen LogP contribution in [0.25, 0.3) is 5.57 Å². The zero-order valence-corrected chi connectivity index (χ0v) is 27.2. The molecule has 0 atom stereocenters. The Bertz CT molecular complexity index is 1830. The largest absolute Gasteiger partial charge is 0.478 e. The molecule has 0 aliphatic rings. The molecule has 4 N–H and O–H groups in total. The number of allylic oxidation sites excluding steroid dienone is 6. The molecule has 0 saturated heterocycles. The number of carboxylic acids is 1. The van der Waals surface area contributed by atoms with Gasteiger partial charge in [0.25, 0.3) is 30.4 Å². The van der Waals surface area contributed by atoms with Gasteiger partial charge in [0.15, 0.2) is 0 Å². The smallest absolute Gasteiger partial charge is 0.337 e. The van der Waals surface area contributed by atoms with Gasteiger partial charge in [-0.2, -0.15) is 25.3 Å². The van der Waals surface area contributed by atoms with Crippen LogP contribution in [-0.2, 0) is 30.4 Å². The quantitative estimate of drug-likeness (QED) is 0.0856. The van der Waals surface area contributed by atoms with Gasteiger partial charge in [-0.25, -0.2) is 4.79 Å². The molecule has 1 aromatic carbocycles. The van der Waals surface area contributed by atoms with Crippen molar-refractivity contribution in [3.8, 4) is 0 Å². The zero-order chi connectivity index (χ0) is 34.0. The minimum absolute atomic E-state index is 0.0193. The van der Waals surface area contributed by atoms with Crippen molar-refractivity contribution in [1.82, 2.24) is 4.98 Å². The van der Waals surface area contributed by atoms with E-state index in [0.29, 0.717) is 33.9 Å². The van der Waals surface area contributed by atoms with Crippen LogP contribution in [0.5, 0.6) is 0 Å². The van der Waals surface area contributed by atoms with Gasteiger partial charge in [0.05, 0.1) is 27.7 Å². The van der Waals surface area contributed by atoms with Crippen LogP contribution in [0.3, 0.4) is 0 Å². The summed E-state index contributed by atoms with van der Waals surface area (Å²) in [6, 6.07) is 6.81. The van der Waals surface area contributed by atoms with Crippen LogP contribution in [-0.4, -0.2) is 85.3 Å². The highest BCUT2D eigenvalue weighted by Crippen LogP contribution is 2.27. The van der Waals surface area contributed by atoms with Crippen molar-refractivity contribution < 1.29 is 48.8 Å². The Hall–Kier alpha value is -3.74. The molecule has 14 nitrogen and oxygen atoms in total. The van der Waals surface area contributed by atoms with Crippen LogP contribution >= 0.6 is 0 Å². The van der Waals surface area contributed by atoms with Gasteiger partial charge in [-0.05, 0) is 81.7 Å². The fourth-order valence-corrected chi connectivity index (χ4v) is 5.52. The second-order valence-electron chi connectivity index (χ2n) is 9.88. The maximum atomic E-state index is 11.6. The van der Waals surface area contributed by atoms with Gasteiger partial charge >= 0.3 is 5.97 Å². The van der Waals surface area contributed by atoms with Crippen molar-refractivity contribution in [3.63, 3.8) is 0 Å². The first-order valence-electron chi connectivity index (χ1n) is 13.3. The van der Waals surface area contributed by atoms with E-state index in [-0.39, 0.29) is 36.4 Å². The van der Waals surface area contributed by atoms with Crippen molar-refractivity contribution in [1.29, 1.82) is 0 Å². The molecule has 0 aliphatic heterocycles. The standard InChI is InChI=1S/C28H35N3O11S3/c1-20-18-25(45(40,41)42)11-13-27(20)31(15-5-17-44(37,38)39)22(3)7-9-23(26-12-10-24(19-30-26)28(32)33)8-6-21(2)29-14-4-16-43(34,35)36/h6-13,18-19H,4-5,14-17H2,1-3H3,(H,32,33)(H,34,35,36)(H,37,38,39)(H,40,41,42)/b8-6+,22-7+,23-9-,29-21?. The Labute approximate surface area is 262 Å². The Kier molecular flexibility index (Phi) is 13.3. The van der Waals surface area contributed by atoms with Crippen molar-refractivity contribution in [3.05, 3.63) is 83.4 Å². The molecule has 0 fully saturated rings. The van der Waals surface area contributed by atoms with Crippen molar-refractivity contribution in [2.24, 2.45) is 4.99 Å². The van der Waals surface area contributed by atoms with Gasteiger partial charge < -0.3 is 10.0 Å². The van der Waals surface area contributed by atoms with E-state index in [0.717, 1.165) is 0 Å². The summed E-state index contributed by atoms with van der Waals surface area (Å²) in [5.41, 5.74) is 2.94. The Morgan fingerprint density at radius 1 is 0.911 bits per heavy atom. The number of hydrogen-bond acceptors (Lipinski definition) is 10. The van der Waals surface area contributed by atoms with Crippen LogP contribution in [0.15, 0.2) is 76.4 Å². The lowest BCUT2D eigenvalue weighted by atomic mass is 10.1. The van der Waals surface area contributed by atoms with E-state index in [1.54, 1.807) is 50.0 Å². The van der Waals surface area contributed by atoms with Gasteiger partial charge in [0.2, 0.25) is 0 Å². The number of carbonyl (C=O) groups is 1. The molecule has 246 valence electrons. The molecule has 1 heterocycles. The highest BCUT2D eigenvalue weighted by molar-refractivity contribution is 7.86. The normalized spacial score (nSPS) is 13.8. The molecule has 17 heteroatoms. The van der Waals surface area contributed by atoms with Crippen LogP contribution < -0.4 is 4.90 Å². The van der Waals surface area contributed by atoms with Gasteiger partial charge in [-0.1, -0.05) is 12.2 Å². The third kappa shape index (κ3) is 13.4. The first kappa shape index (κ1) is 37.4. The lowest BCUT2D eigenvalue weighted by Crippen LogP contribution is -2.25. The van der Waals surface area contributed by atoms with Gasteiger partial charge in [-0.15, -0.1) is 0 Å². The van der Waals surface area contributed by atoms with E-state index >= 15 is 0 Å². The number of nitrogens with zero attached hydrogens (tertiary/aromatic N) is 3. The number of aromatic nitrogens is 1. The summed E-state index contributed by atoms with van der Waals surface area (Å²) >= 11 is 0. The summed E-state index contributed by atoms with van der Waals surface area (Å²) in [4.78, 5) is 21.2. The number of pyridine rings is 1. The molecule has 1 aromatic heterocycles. The Morgan fingerprint density at radius 3 is 2.09 bits per heavy atom. The lowest BCUT2D eigenvalue weighted by molar-refractivity contribution is 0.0696. The monoisotopic (exact) mass is 685 g/mol. The van der Waals surface area contributed by atoms with Gasteiger partial charge in [0, 0.05) is 42.0 Å². The zero-order valence-electron chi connectivity index (χ0n) is 24.7. The fraction of sp³-hybridized carbons (Fsp3) is 0.321. The molecule has 45 heavy (non-hydrogen) atoms. The molecular formula is C28H35N3O11S3. The first-order chi connectivity index (χ1) is 20.8. The van der Waals surface area contributed by atoms with Crippen LogP contribution in [0.1, 0.15) is 48.3 Å². The number of aryl methyl sites for hydroxylation is 1. The van der Waals surface area contributed by atoms with E-state index in [2.05, 4.69) is 9.98 Å². The average Bonchev–Trinajstić information content (AvgIpc) is 2.92. The number of anilines is 1. The highest BCUT2D eigenvalue weighted by atomic mass is 32.2. The van der Waals surface area contributed by atoms with E-state index in [9.17, 15) is 44.3 Å². The van der Waals surface area contributed by atoms with Crippen molar-refractivity contribution in [2.45, 2.75) is 38.5 Å². The maximum absolute atomic E-state index is 11.6. The summed E-state index contributed by atoms with van der Waals surface area (Å²) in [6.45, 7) is 5.26. The maximum Gasteiger partial charge on any atom is 0.337 e. The predicted molar refractivity (Wildman–Crippen MR) is 170 cm³/mol. The number of benzene rings is 1. The summed E-state index contributed by atoms with van der Waals surface area (Å²) < 4.78 is 95.3. The third-order valence-electron chi connectivity index (χ3n) is 6.20. The lowest BCUT2D eigenvalue weighted by Gasteiger charge is -2.27. The van der Waals surface area contributed by atoms with Gasteiger partial charge in [-0.3, -0.25) is 23.6 Å². The minimum Gasteiger partial charge on any atom is -0.478 e. The SMILES string of the molecule is CC(/C=C/C(=C/C=C(\C)N(CCCS(=O)(=O)O)c1ccc(S(=O)(=O)O)cc1C)c1ccc(C(=O)O)cn1)=NCCCS(=O)(=O)O. The number of rotatable bonds is 16. The van der Waals surface area contributed by atoms with Crippen LogP contribution in [0.2, 0.25) is 0 Å². The second kappa shape index (κ2) is 16.0. The molecular weight excluding hydrogens is 651 g/mol. The van der Waals surface area contributed by atoms with Gasteiger partial charge in [0.1, 0.15) is 0 Å². The molecule has 2 aromatic rings. The number of carboxylic acid groups (broad SMARTS) is 1. The molecule has 2 rings (SSSR count). The number of aliphatic imine (C=N–C) groups is 1. The molecule has 0 amide bonds. The number of aromatic carboxylic acids is 1. The Morgan fingerprint density at radius 2 is 1.56 bits per heavy atom. The average molecular weight is 686 g/mol. The Balaban J connectivity index is 2.54. The molecule has 0 spiro atoms. The number of hydrogen-bond donors (Lipinski definition) is 4. The molecule has 0 unspecified atom stereocenters. The topological polar surface area (TPSA) is 229 Å². The van der Waals surface area contributed by atoms with Crippen LogP contribution in [0.4, 0.5) is 5.69 Å². The van der Waals surface area contributed by atoms with E-state index in [1.807, 2.05) is 0 Å². The van der Waals surface area contributed by atoms with Crippen LogP contribution in [0, 0.1) is 6.92 Å². The molecule has 0 bridgehead atoms. The summed E-state index contributed by atoms with van der Waals surface area (Å²) in [5, 5.41) is 9.24. The molecule has 0 radical (unpaired) electrons. The first-order valence-corrected chi connectivity index (χ1v) is 18.0. The summed E-state index contributed by atoms with van der Waals surface area (Å²) in [5.74, 6) is -2.11. The predicted octanol–water partition coefficient (Wildman–Crippen LogP) is 3.70. The van der Waals surface area contributed by atoms with E-state index in [4.69, 9.17) is 4.55 Å².